The number of aryl methyl sites for hydroxylation is 1. The number of carbonyl (C=O) groups excluding carboxylic acids is 1. The number of thioether (sulfide) groups is 1. The molecule has 0 radical (unpaired) electrons. The van der Waals surface area contributed by atoms with Gasteiger partial charge in [0.15, 0.2) is 10.9 Å². The first-order valence-electron chi connectivity index (χ1n) is 5.56. The summed E-state index contributed by atoms with van der Waals surface area (Å²) in [6.45, 7) is 0. The van der Waals surface area contributed by atoms with E-state index in [0.29, 0.717) is 10.6 Å². The summed E-state index contributed by atoms with van der Waals surface area (Å²) in [5.41, 5.74) is -1.18. The van der Waals surface area contributed by atoms with Crippen molar-refractivity contribution in [2.75, 3.05) is 5.75 Å². The van der Waals surface area contributed by atoms with Gasteiger partial charge in [-0.15, -0.1) is 0 Å². The Morgan fingerprint density at radius 1 is 1.45 bits per heavy atom. The van der Waals surface area contributed by atoms with Gasteiger partial charge in [-0.1, -0.05) is 35.5 Å². The van der Waals surface area contributed by atoms with Crippen LogP contribution in [-0.4, -0.2) is 26.3 Å². The molecule has 0 aliphatic rings. The average Bonchev–Trinajstić information content (AvgIpc) is 2.41. The number of nitrogens with one attached hydrogen (secondary N) is 1. The lowest BCUT2D eigenvalue weighted by atomic mass is 10.1. The Kier molecular flexibility index (Phi) is 4.41. The molecule has 0 saturated carbocycles. The number of hydrogen-bond donors (Lipinski definition) is 1. The summed E-state index contributed by atoms with van der Waals surface area (Å²) in [6, 6.07) is 6.60. The fourth-order valence-corrected chi connectivity index (χ4v) is 2.47. The first kappa shape index (κ1) is 14.5. The minimum atomic E-state index is -0.874. The Hall–Kier alpha value is -1.86. The topological polar surface area (TPSA) is 84.8 Å². The third kappa shape index (κ3) is 3.37. The smallest absolute Gasteiger partial charge is 0.293 e. The largest absolute Gasteiger partial charge is 0.339 e. The maximum Gasteiger partial charge on any atom is 0.339 e. The van der Waals surface area contributed by atoms with Crippen molar-refractivity contribution in [1.29, 1.82) is 0 Å². The van der Waals surface area contributed by atoms with Crippen LogP contribution < -0.4 is 11.1 Å². The second-order valence-corrected chi connectivity index (χ2v) is 5.30. The summed E-state index contributed by atoms with van der Waals surface area (Å²) < 4.78 is 1.31. The molecule has 0 aliphatic carbocycles. The summed E-state index contributed by atoms with van der Waals surface area (Å²) in [5.74, 6) is -0.0508. The van der Waals surface area contributed by atoms with Crippen molar-refractivity contribution in [1.82, 2.24) is 14.8 Å². The van der Waals surface area contributed by atoms with Gasteiger partial charge in [0, 0.05) is 17.6 Å². The Balaban J connectivity index is 2.13. The van der Waals surface area contributed by atoms with Gasteiger partial charge in [-0.2, -0.15) is 4.98 Å². The van der Waals surface area contributed by atoms with Crippen molar-refractivity contribution in [3.05, 3.63) is 55.6 Å². The third-order valence-corrected chi connectivity index (χ3v) is 3.69. The van der Waals surface area contributed by atoms with Gasteiger partial charge in [-0.05, 0) is 12.1 Å². The molecule has 2 rings (SSSR count). The summed E-state index contributed by atoms with van der Waals surface area (Å²) in [7, 11) is 1.54. The highest BCUT2D eigenvalue weighted by atomic mass is 35.5. The number of Topliss-reactive ketones (excluding diaryl/α,β-unsaturated/α-hetero) is 1. The van der Waals surface area contributed by atoms with Crippen LogP contribution in [0.25, 0.3) is 0 Å². The molecule has 0 saturated heterocycles. The molecule has 0 unspecified atom stereocenters. The number of carbonyl (C=O) groups is 1. The zero-order chi connectivity index (χ0) is 14.7. The lowest BCUT2D eigenvalue weighted by Crippen LogP contribution is -2.34. The molecule has 1 N–H and O–H groups in total. The van der Waals surface area contributed by atoms with Crippen LogP contribution in [-0.2, 0) is 7.05 Å². The van der Waals surface area contributed by atoms with Crippen molar-refractivity contribution >= 4 is 29.1 Å². The molecule has 0 atom stereocenters. The van der Waals surface area contributed by atoms with Crippen molar-refractivity contribution < 1.29 is 4.79 Å². The van der Waals surface area contributed by atoms with Gasteiger partial charge in [0.2, 0.25) is 0 Å². The van der Waals surface area contributed by atoms with Crippen LogP contribution in [0.4, 0.5) is 0 Å². The number of benzene rings is 1. The Morgan fingerprint density at radius 2 is 2.20 bits per heavy atom. The van der Waals surface area contributed by atoms with E-state index >= 15 is 0 Å². The van der Waals surface area contributed by atoms with E-state index in [2.05, 4.69) is 10.1 Å². The highest BCUT2D eigenvalue weighted by molar-refractivity contribution is 7.99. The van der Waals surface area contributed by atoms with Gasteiger partial charge in [0.1, 0.15) is 0 Å². The van der Waals surface area contributed by atoms with Gasteiger partial charge in [0.05, 0.1) is 5.75 Å². The third-order valence-electron chi connectivity index (χ3n) is 2.43. The van der Waals surface area contributed by atoms with E-state index in [4.69, 9.17) is 11.6 Å². The number of aromatic amines is 1. The normalized spacial score (nSPS) is 10.5. The Labute approximate surface area is 122 Å². The number of nitrogens with zero attached hydrogens (tertiary/aromatic N) is 2. The van der Waals surface area contributed by atoms with Gasteiger partial charge >= 0.3 is 11.1 Å². The number of H-pyrrole nitrogens is 1. The SMILES string of the molecule is Cn1[nH]c(=O)c(=O)nc1SCC(=O)c1cccc(Cl)c1. The standard InChI is InChI=1S/C12H10ClN3O3S/c1-16-12(14-10(18)11(19)15-16)20-6-9(17)7-3-2-4-8(13)5-7/h2-5H,6H2,1H3,(H,15,19). The maximum absolute atomic E-state index is 12.0. The van der Waals surface area contributed by atoms with Crippen LogP contribution in [0.3, 0.4) is 0 Å². The molecular weight excluding hydrogens is 302 g/mol. The molecule has 0 aliphatic heterocycles. The maximum atomic E-state index is 12.0. The minimum Gasteiger partial charge on any atom is -0.293 e. The average molecular weight is 312 g/mol. The van der Waals surface area contributed by atoms with Crippen LogP contribution >= 0.6 is 23.4 Å². The Morgan fingerprint density at radius 3 is 2.90 bits per heavy atom. The summed E-state index contributed by atoms with van der Waals surface area (Å²) in [6.07, 6.45) is 0. The van der Waals surface area contributed by atoms with Crippen molar-refractivity contribution in [3.63, 3.8) is 0 Å². The number of aromatic nitrogens is 3. The predicted molar refractivity (Wildman–Crippen MR) is 76.6 cm³/mol. The molecule has 6 nitrogen and oxygen atoms in total. The number of ketones is 1. The fourth-order valence-electron chi connectivity index (χ4n) is 1.47. The monoisotopic (exact) mass is 311 g/mol. The minimum absolute atomic E-state index is 0.0899. The molecule has 8 heteroatoms. The van der Waals surface area contributed by atoms with Crippen LogP contribution in [0.15, 0.2) is 39.0 Å². The van der Waals surface area contributed by atoms with E-state index in [9.17, 15) is 14.4 Å². The molecule has 2 aromatic rings. The number of rotatable bonds is 4. The summed E-state index contributed by atoms with van der Waals surface area (Å²) in [5, 5.41) is 3.06. The van der Waals surface area contributed by atoms with E-state index in [-0.39, 0.29) is 16.7 Å². The van der Waals surface area contributed by atoms with Gasteiger partial charge < -0.3 is 0 Å². The Bertz CT molecular complexity index is 769. The quantitative estimate of drug-likeness (QED) is 0.519. The summed E-state index contributed by atoms with van der Waals surface area (Å²) >= 11 is 6.88. The highest BCUT2D eigenvalue weighted by Crippen LogP contribution is 2.16. The van der Waals surface area contributed by atoms with Crippen LogP contribution in [0.5, 0.6) is 0 Å². The molecule has 1 aromatic carbocycles. The fraction of sp³-hybridized carbons (Fsp3) is 0.167. The summed E-state index contributed by atoms with van der Waals surface area (Å²) in [4.78, 5) is 37.8. The lowest BCUT2D eigenvalue weighted by molar-refractivity contribution is 0.102. The van der Waals surface area contributed by atoms with Crippen LogP contribution in [0.1, 0.15) is 10.4 Å². The first-order chi connectivity index (χ1) is 9.47. The predicted octanol–water partition coefficient (Wildman–Crippen LogP) is 1.10. The second-order valence-electron chi connectivity index (χ2n) is 3.92. The van der Waals surface area contributed by atoms with Crippen molar-refractivity contribution in [2.24, 2.45) is 7.05 Å². The van der Waals surface area contributed by atoms with Crippen molar-refractivity contribution in [2.45, 2.75) is 5.16 Å². The molecule has 1 heterocycles. The van der Waals surface area contributed by atoms with E-state index in [0.717, 1.165) is 11.8 Å². The van der Waals surface area contributed by atoms with Crippen LogP contribution in [0, 0.1) is 0 Å². The molecule has 104 valence electrons. The first-order valence-corrected chi connectivity index (χ1v) is 6.92. The van der Waals surface area contributed by atoms with E-state index in [1.807, 2.05) is 0 Å². The van der Waals surface area contributed by atoms with E-state index in [1.165, 1.54) is 4.68 Å². The van der Waals surface area contributed by atoms with Crippen LogP contribution in [0.2, 0.25) is 5.02 Å². The zero-order valence-corrected chi connectivity index (χ0v) is 12.0. The van der Waals surface area contributed by atoms with E-state index in [1.54, 1.807) is 31.3 Å². The molecule has 0 fully saturated rings. The van der Waals surface area contributed by atoms with Gasteiger partial charge in [0.25, 0.3) is 0 Å². The molecule has 20 heavy (non-hydrogen) atoms. The molecule has 0 bridgehead atoms. The van der Waals surface area contributed by atoms with Crippen molar-refractivity contribution in [3.8, 4) is 0 Å². The zero-order valence-electron chi connectivity index (χ0n) is 10.4. The highest BCUT2D eigenvalue weighted by Gasteiger charge is 2.10. The number of hydrogen-bond acceptors (Lipinski definition) is 5. The van der Waals surface area contributed by atoms with Gasteiger partial charge in [-0.25, -0.2) is 0 Å². The molecule has 0 spiro atoms. The number of halogens is 1. The molecule has 0 amide bonds. The second kappa shape index (κ2) is 6.06. The lowest BCUT2D eigenvalue weighted by Gasteiger charge is -2.05. The molecular formula is C12H10ClN3O3S. The van der Waals surface area contributed by atoms with Gasteiger partial charge in [-0.3, -0.25) is 24.2 Å². The molecule has 1 aromatic heterocycles. The van der Waals surface area contributed by atoms with E-state index < -0.39 is 11.1 Å².